The topological polar surface area (TPSA) is 32.3 Å². The normalized spacial score (nSPS) is 45.0. The van der Waals surface area contributed by atoms with Gasteiger partial charge in [0.1, 0.15) is 0 Å². The van der Waals surface area contributed by atoms with Crippen molar-refractivity contribution < 1.29 is 5.11 Å². The van der Waals surface area contributed by atoms with Crippen LogP contribution in [0.15, 0.2) is 0 Å². The summed E-state index contributed by atoms with van der Waals surface area (Å²) in [7, 11) is 0. The number of aliphatic hydroxyl groups excluding tert-OH is 1. The van der Waals surface area contributed by atoms with Crippen molar-refractivity contribution in [2.45, 2.75) is 32.4 Å². The molecule has 1 aliphatic rings. The Hall–Kier alpha value is -0.0800. The molecule has 0 radical (unpaired) electrons. The molecule has 0 amide bonds. The molecule has 0 aromatic carbocycles. The lowest BCUT2D eigenvalue weighted by Crippen LogP contribution is -2.43. The molecule has 1 heterocycles. The van der Waals surface area contributed by atoms with Crippen LogP contribution in [0.2, 0.25) is 0 Å². The van der Waals surface area contributed by atoms with E-state index in [9.17, 15) is 5.11 Å². The first-order chi connectivity index (χ1) is 4.20. The molecule has 0 bridgehead atoms. The fraction of sp³-hybridized carbons (Fsp3) is 1.00. The Kier molecular flexibility index (Phi) is 2.09. The number of rotatable bonds is 0. The summed E-state index contributed by atoms with van der Waals surface area (Å²) in [4.78, 5) is 0. The van der Waals surface area contributed by atoms with Crippen molar-refractivity contribution in [3.8, 4) is 0 Å². The van der Waals surface area contributed by atoms with E-state index in [-0.39, 0.29) is 6.10 Å². The molecule has 2 nitrogen and oxygen atoms in total. The number of hydrogen-bond acceptors (Lipinski definition) is 2. The summed E-state index contributed by atoms with van der Waals surface area (Å²) >= 11 is 0. The molecular weight excluding hydrogens is 114 g/mol. The summed E-state index contributed by atoms with van der Waals surface area (Å²) in [6, 6.07) is 0.496. The van der Waals surface area contributed by atoms with E-state index < -0.39 is 0 Å². The molecule has 54 valence electrons. The monoisotopic (exact) mass is 129 g/mol. The Morgan fingerprint density at radius 2 is 2.11 bits per heavy atom. The Bertz CT molecular complexity index is 94.9. The van der Waals surface area contributed by atoms with Crippen LogP contribution in [0.3, 0.4) is 0 Å². The summed E-state index contributed by atoms with van der Waals surface area (Å²) in [6.45, 7) is 5.14. The molecule has 0 aliphatic carbocycles. The minimum atomic E-state index is -0.0822. The zero-order valence-corrected chi connectivity index (χ0v) is 6.09. The van der Waals surface area contributed by atoms with Crippen LogP contribution in [0.4, 0.5) is 0 Å². The van der Waals surface area contributed by atoms with Crippen LogP contribution in [0.5, 0.6) is 0 Å². The van der Waals surface area contributed by atoms with E-state index in [1.54, 1.807) is 0 Å². The highest BCUT2D eigenvalue weighted by atomic mass is 16.3. The summed E-state index contributed by atoms with van der Waals surface area (Å²) < 4.78 is 0. The summed E-state index contributed by atoms with van der Waals surface area (Å²) in [6.07, 6.45) is 0.822. The lowest BCUT2D eigenvalue weighted by molar-refractivity contribution is 0.0725. The highest BCUT2D eigenvalue weighted by Gasteiger charge is 2.22. The molecule has 1 aliphatic heterocycles. The first-order valence-corrected chi connectivity index (χ1v) is 3.61. The van der Waals surface area contributed by atoms with Crippen LogP contribution in [-0.2, 0) is 0 Å². The van der Waals surface area contributed by atoms with E-state index in [0.29, 0.717) is 12.0 Å². The molecule has 0 aromatic heterocycles. The predicted molar refractivity (Wildman–Crippen MR) is 37.3 cm³/mol. The summed E-state index contributed by atoms with van der Waals surface area (Å²) in [5.74, 6) is 0.432. The molecule has 0 aromatic rings. The van der Waals surface area contributed by atoms with E-state index in [1.165, 1.54) is 0 Å². The Balaban J connectivity index is 2.35. The average molecular weight is 129 g/mol. The van der Waals surface area contributed by atoms with Crippen LogP contribution in [0.25, 0.3) is 0 Å². The molecule has 1 rings (SSSR count). The van der Waals surface area contributed by atoms with Gasteiger partial charge in [-0.3, -0.25) is 0 Å². The van der Waals surface area contributed by atoms with Crippen LogP contribution in [0.1, 0.15) is 20.3 Å². The standard InChI is InChI=1S/C7H15NO/c1-5-4-8-6(2)3-7(5)9/h5-9H,3-4H2,1-2H3/t5-,6+,7-/m1/s1. The van der Waals surface area contributed by atoms with Crippen molar-refractivity contribution in [3.05, 3.63) is 0 Å². The predicted octanol–water partition coefficient (Wildman–Crippen LogP) is 0.365. The molecule has 2 heteroatoms. The minimum absolute atomic E-state index is 0.0822. The van der Waals surface area contributed by atoms with Gasteiger partial charge in [0.15, 0.2) is 0 Å². The molecule has 1 saturated heterocycles. The number of piperidine rings is 1. The van der Waals surface area contributed by atoms with Gasteiger partial charge in [-0.2, -0.15) is 0 Å². The molecule has 0 spiro atoms. The minimum Gasteiger partial charge on any atom is -0.393 e. The van der Waals surface area contributed by atoms with Gasteiger partial charge in [-0.25, -0.2) is 0 Å². The van der Waals surface area contributed by atoms with Gasteiger partial charge in [-0.05, 0) is 19.3 Å². The Morgan fingerprint density at radius 3 is 2.56 bits per heavy atom. The third-order valence-corrected chi connectivity index (χ3v) is 2.04. The molecule has 0 unspecified atom stereocenters. The van der Waals surface area contributed by atoms with Gasteiger partial charge in [0.05, 0.1) is 6.10 Å². The smallest absolute Gasteiger partial charge is 0.0592 e. The maximum absolute atomic E-state index is 9.31. The van der Waals surface area contributed by atoms with Gasteiger partial charge in [0.25, 0.3) is 0 Å². The van der Waals surface area contributed by atoms with Crippen molar-refractivity contribution in [3.63, 3.8) is 0 Å². The van der Waals surface area contributed by atoms with Crippen LogP contribution in [0, 0.1) is 5.92 Å². The van der Waals surface area contributed by atoms with Crippen LogP contribution >= 0.6 is 0 Å². The zero-order valence-electron chi connectivity index (χ0n) is 6.09. The quantitative estimate of drug-likeness (QED) is 0.495. The molecule has 3 atom stereocenters. The van der Waals surface area contributed by atoms with Gasteiger partial charge >= 0.3 is 0 Å². The van der Waals surface area contributed by atoms with Gasteiger partial charge < -0.3 is 10.4 Å². The Morgan fingerprint density at radius 1 is 1.44 bits per heavy atom. The zero-order chi connectivity index (χ0) is 6.85. The summed E-state index contributed by atoms with van der Waals surface area (Å²) in [5, 5.41) is 12.6. The SMILES string of the molecule is C[C@@H]1CN[C@@H](C)C[C@H]1O. The lowest BCUT2D eigenvalue weighted by Gasteiger charge is -2.29. The van der Waals surface area contributed by atoms with Crippen molar-refractivity contribution in [1.29, 1.82) is 0 Å². The Labute approximate surface area is 56.3 Å². The fourth-order valence-electron chi connectivity index (χ4n) is 1.20. The largest absolute Gasteiger partial charge is 0.393 e. The molecule has 0 saturated carbocycles. The van der Waals surface area contributed by atoms with Crippen LogP contribution < -0.4 is 5.32 Å². The molecule has 2 N–H and O–H groups in total. The maximum Gasteiger partial charge on any atom is 0.0592 e. The highest BCUT2D eigenvalue weighted by molar-refractivity contribution is 4.78. The second kappa shape index (κ2) is 2.67. The van der Waals surface area contributed by atoms with E-state index in [1.807, 2.05) is 0 Å². The number of aliphatic hydroxyl groups is 1. The van der Waals surface area contributed by atoms with Crippen molar-refractivity contribution in [2.24, 2.45) is 5.92 Å². The first kappa shape index (κ1) is 7.03. The van der Waals surface area contributed by atoms with E-state index in [4.69, 9.17) is 0 Å². The molecule has 1 fully saturated rings. The summed E-state index contributed by atoms with van der Waals surface area (Å²) in [5.41, 5.74) is 0. The molecule has 9 heavy (non-hydrogen) atoms. The van der Waals surface area contributed by atoms with E-state index in [2.05, 4.69) is 19.2 Å². The van der Waals surface area contributed by atoms with E-state index in [0.717, 1.165) is 13.0 Å². The van der Waals surface area contributed by atoms with Crippen molar-refractivity contribution in [2.75, 3.05) is 6.54 Å². The van der Waals surface area contributed by atoms with Crippen molar-refractivity contribution >= 4 is 0 Å². The highest BCUT2D eigenvalue weighted by Crippen LogP contribution is 2.13. The van der Waals surface area contributed by atoms with Gasteiger partial charge in [-0.15, -0.1) is 0 Å². The second-order valence-electron chi connectivity index (χ2n) is 3.09. The van der Waals surface area contributed by atoms with Gasteiger partial charge in [-0.1, -0.05) is 6.92 Å². The third-order valence-electron chi connectivity index (χ3n) is 2.04. The van der Waals surface area contributed by atoms with Crippen molar-refractivity contribution in [1.82, 2.24) is 5.32 Å². The second-order valence-corrected chi connectivity index (χ2v) is 3.09. The van der Waals surface area contributed by atoms with Gasteiger partial charge in [0, 0.05) is 12.6 Å². The van der Waals surface area contributed by atoms with E-state index >= 15 is 0 Å². The lowest BCUT2D eigenvalue weighted by atomic mass is 9.94. The average Bonchev–Trinajstić information content (AvgIpc) is 1.80. The number of hydrogen-bond donors (Lipinski definition) is 2. The first-order valence-electron chi connectivity index (χ1n) is 3.61. The fourth-order valence-corrected chi connectivity index (χ4v) is 1.20. The van der Waals surface area contributed by atoms with Gasteiger partial charge in [0.2, 0.25) is 0 Å². The van der Waals surface area contributed by atoms with Crippen LogP contribution in [-0.4, -0.2) is 23.8 Å². The molecular formula is C7H15NO. The maximum atomic E-state index is 9.31. The number of nitrogens with one attached hydrogen (secondary N) is 1. The third kappa shape index (κ3) is 1.66.